The second-order valence-corrected chi connectivity index (χ2v) is 6.92. The molecule has 0 radical (unpaired) electrons. The van der Waals surface area contributed by atoms with Gasteiger partial charge in [-0.3, -0.25) is 4.57 Å². The molecule has 0 saturated heterocycles. The molecule has 2 aromatic rings. The predicted octanol–water partition coefficient (Wildman–Crippen LogP) is 1.27. The fraction of sp³-hybridized carbons (Fsp3) is 0.417. The second kappa shape index (κ2) is 4.62. The van der Waals surface area contributed by atoms with Crippen molar-refractivity contribution in [2.24, 2.45) is 5.41 Å². The zero-order chi connectivity index (χ0) is 15.3. The maximum Gasteiger partial charge on any atom is 0.349 e. The Bertz CT molecular complexity index is 774. The molecule has 2 aromatic heterocycles. The number of rotatable bonds is 4. The van der Waals surface area contributed by atoms with Crippen LogP contribution in [0.1, 0.15) is 19.8 Å². The largest absolute Gasteiger partial charge is 0.382 e. The highest BCUT2D eigenvalue weighted by Gasteiger charge is 2.45. The number of allylic oxidation sites excluding steroid dienone is 1. The van der Waals surface area contributed by atoms with E-state index in [0.717, 1.165) is 18.7 Å². The number of nitrogens with zero attached hydrogens (tertiary/aromatic N) is 4. The molecule has 1 aliphatic carbocycles. The van der Waals surface area contributed by atoms with E-state index in [4.69, 9.17) is 15.5 Å². The number of nitrogens with two attached hydrogens (primary N) is 1. The minimum Gasteiger partial charge on any atom is -0.382 e. The van der Waals surface area contributed by atoms with Crippen molar-refractivity contribution in [2.45, 2.75) is 26.3 Å². The molecule has 0 aromatic carbocycles. The monoisotopic (exact) mass is 309 g/mol. The Balaban J connectivity index is 1.94. The van der Waals surface area contributed by atoms with Crippen LogP contribution in [0.4, 0.5) is 5.82 Å². The SMILES string of the molecule is C/C(=C/P(=O)(O)O)C1(Cn2cnc3c(N)ncnc32)CC1. The van der Waals surface area contributed by atoms with Gasteiger partial charge in [-0.25, -0.2) is 15.0 Å². The lowest BCUT2D eigenvalue weighted by molar-refractivity contribution is 0.384. The van der Waals surface area contributed by atoms with Crippen LogP contribution in [-0.2, 0) is 11.1 Å². The molecule has 0 unspecified atom stereocenters. The molecule has 8 nitrogen and oxygen atoms in total. The molecule has 21 heavy (non-hydrogen) atoms. The summed E-state index contributed by atoms with van der Waals surface area (Å²) in [5, 5.41) is 0. The first-order valence-corrected chi connectivity index (χ1v) is 8.15. The van der Waals surface area contributed by atoms with Gasteiger partial charge in [0.05, 0.1) is 6.33 Å². The Morgan fingerprint density at radius 2 is 2.19 bits per heavy atom. The van der Waals surface area contributed by atoms with E-state index in [1.807, 2.05) is 4.57 Å². The van der Waals surface area contributed by atoms with Gasteiger partial charge < -0.3 is 20.1 Å². The van der Waals surface area contributed by atoms with Crippen LogP contribution >= 0.6 is 7.60 Å². The van der Waals surface area contributed by atoms with Gasteiger partial charge in [0.15, 0.2) is 11.5 Å². The molecule has 3 rings (SSSR count). The summed E-state index contributed by atoms with van der Waals surface area (Å²) in [6.45, 7) is 2.33. The van der Waals surface area contributed by atoms with E-state index in [-0.39, 0.29) is 5.41 Å². The Morgan fingerprint density at radius 3 is 2.81 bits per heavy atom. The van der Waals surface area contributed by atoms with E-state index >= 15 is 0 Å². The highest BCUT2D eigenvalue weighted by molar-refractivity contribution is 7.55. The normalized spacial score (nSPS) is 18.1. The van der Waals surface area contributed by atoms with Crippen LogP contribution in [0.15, 0.2) is 24.0 Å². The summed E-state index contributed by atoms with van der Waals surface area (Å²) in [5.74, 6) is 1.38. The standard InChI is InChI=1S/C12H16N5O3P/c1-8(4-21(18,19)20)12(2-3-12)5-17-7-16-9-10(13)14-6-15-11(9)17/h4,6-7H,2-3,5H2,1H3,(H2,13,14,15)(H2,18,19,20)/b8-4-. The maximum atomic E-state index is 11.1. The Morgan fingerprint density at radius 1 is 1.48 bits per heavy atom. The number of hydrogen-bond donors (Lipinski definition) is 3. The van der Waals surface area contributed by atoms with Gasteiger partial charge in [0.25, 0.3) is 0 Å². The zero-order valence-electron chi connectivity index (χ0n) is 11.5. The molecular formula is C12H16N5O3P. The van der Waals surface area contributed by atoms with E-state index < -0.39 is 7.60 Å². The van der Waals surface area contributed by atoms with E-state index in [1.54, 1.807) is 13.3 Å². The average molecular weight is 309 g/mol. The van der Waals surface area contributed by atoms with Gasteiger partial charge in [0.2, 0.25) is 0 Å². The summed E-state index contributed by atoms with van der Waals surface area (Å²) >= 11 is 0. The van der Waals surface area contributed by atoms with E-state index in [9.17, 15) is 4.57 Å². The maximum absolute atomic E-state index is 11.1. The summed E-state index contributed by atoms with van der Waals surface area (Å²) in [7, 11) is -4.16. The van der Waals surface area contributed by atoms with Gasteiger partial charge in [0, 0.05) is 17.8 Å². The van der Waals surface area contributed by atoms with Gasteiger partial charge in [0.1, 0.15) is 11.8 Å². The number of anilines is 1. The first-order chi connectivity index (χ1) is 9.81. The van der Waals surface area contributed by atoms with Gasteiger partial charge >= 0.3 is 7.60 Å². The Hall–Kier alpha value is -1.76. The molecule has 1 fully saturated rings. The molecule has 112 valence electrons. The molecule has 1 saturated carbocycles. The lowest BCUT2D eigenvalue weighted by Gasteiger charge is -2.17. The number of aromatic nitrogens is 4. The Kier molecular flexibility index (Phi) is 3.12. The Labute approximate surface area is 120 Å². The fourth-order valence-corrected chi connectivity index (χ4v) is 3.34. The second-order valence-electron chi connectivity index (χ2n) is 5.49. The fourth-order valence-electron chi connectivity index (χ4n) is 2.56. The average Bonchev–Trinajstić information content (AvgIpc) is 3.04. The number of nitrogen functional groups attached to an aromatic ring is 1. The van der Waals surface area contributed by atoms with Crippen LogP contribution in [0, 0.1) is 5.41 Å². The molecule has 2 heterocycles. The zero-order valence-corrected chi connectivity index (χ0v) is 12.4. The third-order valence-corrected chi connectivity index (χ3v) is 4.68. The smallest absolute Gasteiger partial charge is 0.349 e. The summed E-state index contributed by atoms with van der Waals surface area (Å²) in [6, 6.07) is 0. The first kappa shape index (κ1) is 14.2. The van der Waals surface area contributed by atoms with E-state index in [0.29, 0.717) is 29.1 Å². The third kappa shape index (κ3) is 2.70. The number of fused-ring (bicyclic) bond motifs is 1. The molecule has 1 aliphatic rings. The van der Waals surface area contributed by atoms with Crippen molar-refractivity contribution in [1.29, 1.82) is 0 Å². The van der Waals surface area contributed by atoms with Gasteiger partial charge in [-0.1, -0.05) is 5.57 Å². The van der Waals surface area contributed by atoms with E-state index in [1.165, 1.54) is 6.33 Å². The minimum absolute atomic E-state index is 0.228. The molecule has 0 spiro atoms. The molecule has 0 aliphatic heterocycles. The molecule has 0 bridgehead atoms. The van der Waals surface area contributed by atoms with Crippen LogP contribution in [-0.4, -0.2) is 29.3 Å². The van der Waals surface area contributed by atoms with Crippen LogP contribution in [0.2, 0.25) is 0 Å². The van der Waals surface area contributed by atoms with Crippen molar-refractivity contribution < 1.29 is 14.4 Å². The number of imidazole rings is 1. The van der Waals surface area contributed by atoms with Gasteiger partial charge in [-0.2, -0.15) is 0 Å². The highest BCUT2D eigenvalue weighted by Crippen LogP contribution is 2.56. The molecule has 0 amide bonds. The molecule has 0 atom stereocenters. The lowest BCUT2D eigenvalue weighted by Crippen LogP contribution is -2.13. The summed E-state index contributed by atoms with van der Waals surface area (Å²) < 4.78 is 13.0. The van der Waals surface area contributed by atoms with Gasteiger partial charge in [-0.15, -0.1) is 0 Å². The number of hydrogen-bond acceptors (Lipinski definition) is 5. The summed E-state index contributed by atoms with van der Waals surface area (Å²) in [5.41, 5.74) is 7.41. The first-order valence-electron chi connectivity index (χ1n) is 6.47. The van der Waals surface area contributed by atoms with Crippen LogP contribution in [0.25, 0.3) is 11.2 Å². The molecule has 4 N–H and O–H groups in total. The summed E-state index contributed by atoms with van der Waals surface area (Å²) in [4.78, 5) is 30.5. The van der Waals surface area contributed by atoms with Crippen LogP contribution < -0.4 is 5.73 Å². The quantitative estimate of drug-likeness (QED) is 0.726. The van der Waals surface area contributed by atoms with Crippen molar-refractivity contribution in [3.8, 4) is 0 Å². The van der Waals surface area contributed by atoms with Crippen molar-refractivity contribution in [3.63, 3.8) is 0 Å². The molecule has 9 heteroatoms. The summed E-state index contributed by atoms with van der Waals surface area (Å²) in [6.07, 6.45) is 4.79. The van der Waals surface area contributed by atoms with E-state index in [2.05, 4.69) is 15.0 Å². The molecular weight excluding hydrogens is 293 g/mol. The van der Waals surface area contributed by atoms with Crippen LogP contribution in [0.3, 0.4) is 0 Å². The van der Waals surface area contributed by atoms with Gasteiger partial charge in [-0.05, 0) is 19.8 Å². The van der Waals surface area contributed by atoms with Crippen molar-refractivity contribution in [3.05, 3.63) is 24.0 Å². The van der Waals surface area contributed by atoms with Crippen LogP contribution in [0.5, 0.6) is 0 Å². The minimum atomic E-state index is -4.16. The highest BCUT2D eigenvalue weighted by atomic mass is 31.2. The van der Waals surface area contributed by atoms with Crippen molar-refractivity contribution >= 4 is 24.6 Å². The van der Waals surface area contributed by atoms with Crippen molar-refractivity contribution in [2.75, 3.05) is 5.73 Å². The topological polar surface area (TPSA) is 127 Å². The lowest BCUT2D eigenvalue weighted by atomic mass is 9.99. The predicted molar refractivity (Wildman–Crippen MR) is 77.2 cm³/mol. The van der Waals surface area contributed by atoms with Crippen molar-refractivity contribution in [1.82, 2.24) is 19.5 Å². The third-order valence-electron chi connectivity index (χ3n) is 3.95.